The fourth-order valence-electron chi connectivity index (χ4n) is 2.20. The highest BCUT2D eigenvalue weighted by atomic mass is 19.4. The summed E-state index contributed by atoms with van der Waals surface area (Å²) in [5, 5.41) is 14.0. The average molecular weight is 354 g/mol. The van der Waals surface area contributed by atoms with Gasteiger partial charge in [-0.3, -0.25) is 0 Å². The number of nitrogens with one attached hydrogen (secondary N) is 2. The summed E-state index contributed by atoms with van der Waals surface area (Å²) in [4.78, 5) is 4.33. The van der Waals surface area contributed by atoms with Crippen LogP contribution >= 0.6 is 0 Å². The van der Waals surface area contributed by atoms with Crippen molar-refractivity contribution in [3.8, 4) is 0 Å². The van der Waals surface area contributed by atoms with Crippen LogP contribution in [0.5, 0.6) is 0 Å². The number of aliphatic imine (C=N–C) groups is 1. The Balaban J connectivity index is 2.04. The van der Waals surface area contributed by atoms with Crippen LogP contribution in [0, 0.1) is 0 Å². The first-order valence-electron chi connectivity index (χ1n) is 7.99. The zero-order chi connectivity index (χ0) is 18.3. The maximum absolute atomic E-state index is 12.8. The first-order chi connectivity index (χ1) is 11.9. The quantitative estimate of drug-likeness (QED) is 0.618. The van der Waals surface area contributed by atoms with Crippen LogP contribution in [0.2, 0.25) is 0 Å². The fourth-order valence-corrected chi connectivity index (χ4v) is 2.20. The number of aryl methyl sites for hydroxylation is 1. The second kappa shape index (κ2) is 8.50. The predicted molar refractivity (Wildman–Crippen MR) is 88.8 cm³/mol. The molecule has 0 saturated carbocycles. The Hall–Kier alpha value is -2.58. The monoisotopic (exact) mass is 354 g/mol. The molecular formula is C16H21F3N6. The Labute approximate surface area is 144 Å². The van der Waals surface area contributed by atoms with Crippen molar-refractivity contribution in [2.24, 2.45) is 4.99 Å². The van der Waals surface area contributed by atoms with E-state index in [0.717, 1.165) is 24.5 Å². The SMILES string of the molecule is CCNC(=NCc1cccc(C(F)(F)F)c1)NCc1nncn1CC. The molecule has 1 aromatic heterocycles. The van der Waals surface area contributed by atoms with Crippen molar-refractivity contribution in [1.29, 1.82) is 0 Å². The van der Waals surface area contributed by atoms with Crippen molar-refractivity contribution >= 4 is 5.96 Å². The number of hydrogen-bond acceptors (Lipinski definition) is 3. The highest BCUT2D eigenvalue weighted by Crippen LogP contribution is 2.29. The van der Waals surface area contributed by atoms with Crippen molar-refractivity contribution < 1.29 is 13.2 Å². The smallest absolute Gasteiger partial charge is 0.357 e. The summed E-state index contributed by atoms with van der Waals surface area (Å²) in [6, 6.07) is 5.17. The molecule has 0 amide bonds. The number of hydrogen-bond donors (Lipinski definition) is 2. The molecule has 0 aliphatic heterocycles. The maximum Gasteiger partial charge on any atom is 0.416 e. The van der Waals surface area contributed by atoms with E-state index < -0.39 is 11.7 Å². The fraction of sp³-hybridized carbons (Fsp3) is 0.438. The summed E-state index contributed by atoms with van der Waals surface area (Å²) in [5.74, 6) is 1.26. The summed E-state index contributed by atoms with van der Waals surface area (Å²) >= 11 is 0. The largest absolute Gasteiger partial charge is 0.416 e. The van der Waals surface area contributed by atoms with Crippen molar-refractivity contribution in [3.05, 3.63) is 47.5 Å². The van der Waals surface area contributed by atoms with Gasteiger partial charge in [0, 0.05) is 13.1 Å². The molecule has 0 atom stereocenters. The van der Waals surface area contributed by atoms with Crippen LogP contribution in [-0.2, 0) is 25.8 Å². The van der Waals surface area contributed by atoms with E-state index in [-0.39, 0.29) is 6.54 Å². The molecule has 0 unspecified atom stereocenters. The number of halogens is 3. The number of alkyl halides is 3. The molecule has 1 heterocycles. The van der Waals surface area contributed by atoms with Crippen LogP contribution in [0.25, 0.3) is 0 Å². The maximum atomic E-state index is 12.8. The van der Waals surface area contributed by atoms with Gasteiger partial charge in [0.15, 0.2) is 11.8 Å². The number of benzene rings is 1. The van der Waals surface area contributed by atoms with Crippen molar-refractivity contribution in [2.45, 2.75) is 39.7 Å². The third kappa shape index (κ3) is 5.47. The summed E-state index contributed by atoms with van der Waals surface area (Å²) in [6.07, 6.45) is -2.71. The van der Waals surface area contributed by atoms with E-state index in [2.05, 4.69) is 25.8 Å². The van der Waals surface area contributed by atoms with Crippen LogP contribution in [-0.4, -0.2) is 27.3 Å². The Morgan fingerprint density at radius 1 is 1.24 bits per heavy atom. The zero-order valence-corrected chi connectivity index (χ0v) is 14.1. The number of guanidine groups is 1. The molecule has 2 rings (SSSR count). The molecule has 25 heavy (non-hydrogen) atoms. The molecule has 0 radical (unpaired) electrons. The van der Waals surface area contributed by atoms with Gasteiger partial charge in [-0.1, -0.05) is 12.1 Å². The van der Waals surface area contributed by atoms with Gasteiger partial charge in [-0.2, -0.15) is 13.2 Å². The minimum Gasteiger partial charge on any atom is -0.357 e. The molecule has 0 spiro atoms. The van der Waals surface area contributed by atoms with E-state index in [0.29, 0.717) is 24.6 Å². The third-order valence-corrected chi connectivity index (χ3v) is 3.47. The first-order valence-corrected chi connectivity index (χ1v) is 7.99. The highest BCUT2D eigenvalue weighted by molar-refractivity contribution is 5.79. The molecule has 0 aliphatic rings. The summed E-state index contributed by atoms with van der Waals surface area (Å²) in [6.45, 7) is 5.84. The van der Waals surface area contributed by atoms with E-state index in [4.69, 9.17) is 0 Å². The lowest BCUT2D eigenvalue weighted by atomic mass is 10.1. The Kier molecular flexibility index (Phi) is 6.37. The Bertz CT molecular complexity index is 708. The van der Waals surface area contributed by atoms with E-state index in [1.165, 1.54) is 6.07 Å². The van der Waals surface area contributed by atoms with Gasteiger partial charge in [-0.05, 0) is 31.5 Å². The number of nitrogens with zero attached hydrogens (tertiary/aromatic N) is 4. The summed E-state index contributed by atoms with van der Waals surface area (Å²) in [7, 11) is 0. The number of rotatable bonds is 6. The van der Waals surface area contributed by atoms with E-state index in [1.807, 2.05) is 18.4 Å². The molecule has 9 heteroatoms. The van der Waals surface area contributed by atoms with Crippen LogP contribution in [0.4, 0.5) is 13.2 Å². The Morgan fingerprint density at radius 3 is 2.72 bits per heavy atom. The average Bonchev–Trinajstić information content (AvgIpc) is 3.04. The van der Waals surface area contributed by atoms with Gasteiger partial charge in [0.25, 0.3) is 0 Å². The normalized spacial score (nSPS) is 12.3. The lowest BCUT2D eigenvalue weighted by Gasteiger charge is -2.12. The minimum absolute atomic E-state index is 0.139. The standard InChI is InChI=1S/C16H21F3N6/c1-3-20-15(22-10-14-24-23-11-25(14)4-2)21-9-12-6-5-7-13(8-12)16(17,18)19/h5-8,11H,3-4,9-10H2,1-2H3,(H2,20,21,22). The summed E-state index contributed by atoms with van der Waals surface area (Å²) in [5.41, 5.74) is -0.182. The number of aromatic nitrogens is 3. The molecule has 136 valence electrons. The molecule has 0 bridgehead atoms. The third-order valence-electron chi connectivity index (χ3n) is 3.47. The highest BCUT2D eigenvalue weighted by Gasteiger charge is 2.30. The topological polar surface area (TPSA) is 67.1 Å². The Morgan fingerprint density at radius 2 is 2.04 bits per heavy atom. The van der Waals surface area contributed by atoms with Crippen LogP contribution in [0.1, 0.15) is 30.8 Å². The first kappa shape index (κ1) is 18.8. The molecule has 2 N–H and O–H groups in total. The molecule has 2 aromatic rings. The molecule has 6 nitrogen and oxygen atoms in total. The second-order valence-electron chi connectivity index (χ2n) is 5.28. The second-order valence-corrected chi connectivity index (χ2v) is 5.28. The van der Waals surface area contributed by atoms with Crippen LogP contribution < -0.4 is 10.6 Å². The van der Waals surface area contributed by atoms with E-state index >= 15 is 0 Å². The van der Waals surface area contributed by atoms with Gasteiger partial charge in [0.05, 0.1) is 18.7 Å². The lowest BCUT2D eigenvalue weighted by molar-refractivity contribution is -0.137. The zero-order valence-electron chi connectivity index (χ0n) is 14.1. The van der Waals surface area contributed by atoms with E-state index in [9.17, 15) is 13.2 Å². The van der Waals surface area contributed by atoms with Crippen molar-refractivity contribution in [1.82, 2.24) is 25.4 Å². The van der Waals surface area contributed by atoms with Crippen molar-refractivity contribution in [2.75, 3.05) is 6.54 Å². The lowest BCUT2D eigenvalue weighted by Crippen LogP contribution is -2.37. The van der Waals surface area contributed by atoms with Crippen molar-refractivity contribution in [3.63, 3.8) is 0 Å². The van der Waals surface area contributed by atoms with Crippen LogP contribution in [0.3, 0.4) is 0 Å². The molecular weight excluding hydrogens is 333 g/mol. The molecule has 0 fully saturated rings. The van der Waals surface area contributed by atoms with Gasteiger partial charge in [-0.25, -0.2) is 4.99 Å². The molecule has 0 aliphatic carbocycles. The van der Waals surface area contributed by atoms with Gasteiger partial charge < -0.3 is 15.2 Å². The molecule has 0 saturated heterocycles. The summed E-state index contributed by atoms with van der Waals surface area (Å²) < 4.78 is 40.2. The predicted octanol–water partition coefficient (Wildman–Crippen LogP) is 2.57. The van der Waals surface area contributed by atoms with Gasteiger partial charge in [0.1, 0.15) is 6.33 Å². The molecule has 1 aromatic carbocycles. The minimum atomic E-state index is -4.35. The van der Waals surface area contributed by atoms with Gasteiger partial charge >= 0.3 is 6.18 Å². The van der Waals surface area contributed by atoms with Gasteiger partial charge in [0.2, 0.25) is 0 Å². The van der Waals surface area contributed by atoms with E-state index in [1.54, 1.807) is 12.4 Å². The van der Waals surface area contributed by atoms with Crippen LogP contribution in [0.15, 0.2) is 35.6 Å². The van der Waals surface area contributed by atoms with Gasteiger partial charge in [-0.15, -0.1) is 10.2 Å².